The molecular weight excluding hydrogens is 268 g/mol. The second-order valence-corrected chi connectivity index (χ2v) is 5.84. The topological polar surface area (TPSA) is 69.6 Å². The molecule has 5 nitrogen and oxygen atoms in total. The lowest BCUT2D eigenvalue weighted by Gasteiger charge is -2.20. The zero-order chi connectivity index (χ0) is 16.2. The lowest BCUT2D eigenvalue weighted by molar-refractivity contribution is 0.0698. The number of anilines is 1. The normalized spacial score (nSPS) is 10.6. The second-order valence-electron chi connectivity index (χ2n) is 5.84. The van der Waals surface area contributed by atoms with E-state index in [9.17, 15) is 14.7 Å². The molecule has 0 aliphatic heterocycles. The van der Waals surface area contributed by atoms with E-state index in [2.05, 4.69) is 19.2 Å². The highest BCUT2D eigenvalue weighted by Gasteiger charge is 2.17. The van der Waals surface area contributed by atoms with E-state index in [-0.39, 0.29) is 11.6 Å². The van der Waals surface area contributed by atoms with Gasteiger partial charge in [-0.15, -0.1) is 0 Å². The van der Waals surface area contributed by atoms with E-state index >= 15 is 0 Å². The number of carboxylic acid groups (broad SMARTS) is 1. The van der Waals surface area contributed by atoms with Crippen molar-refractivity contribution in [2.24, 2.45) is 5.92 Å². The van der Waals surface area contributed by atoms with Crippen molar-refractivity contribution in [3.05, 3.63) is 28.8 Å². The molecule has 0 aromatic heterocycles. The molecule has 116 valence electrons. The number of carboxylic acids is 1. The molecule has 0 saturated carbocycles. The lowest BCUT2D eigenvalue weighted by atomic mass is 10.0. The number of aryl methyl sites for hydroxylation is 2. The van der Waals surface area contributed by atoms with Crippen molar-refractivity contribution in [1.29, 1.82) is 0 Å². The summed E-state index contributed by atoms with van der Waals surface area (Å²) in [5.41, 5.74) is 2.10. The van der Waals surface area contributed by atoms with E-state index in [1.807, 2.05) is 13.0 Å². The molecule has 0 atom stereocenters. The molecule has 2 N–H and O–H groups in total. The van der Waals surface area contributed by atoms with Crippen molar-refractivity contribution in [3.63, 3.8) is 0 Å². The molecule has 0 spiro atoms. The first-order valence-corrected chi connectivity index (χ1v) is 7.09. The lowest BCUT2D eigenvalue weighted by Crippen LogP contribution is -2.33. The van der Waals surface area contributed by atoms with Crippen LogP contribution in [0.3, 0.4) is 0 Å². The Morgan fingerprint density at radius 2 is 1.90 bits per heavy atom. The third kappa shape index (κ3) is 4.77. The molecule has 1 aromatic carbocycles. The number of urea groups is 1. The van der Waals surface area contributed by atoms with Gasteiger partial charge in [0.1, 0.15) is 0 Å². The molecular formula is C16H24N2O3. The van der Waals surface area contributed by atoms with Gasteiger partial charge in [-0.1, -0.05) is 19.9 Å². The minimum atomic E-state index is -1.04. The number of nitrogens with one attached hydrogen (secondary N) is 1. The molecule has 0 saturated heterocycles. The van der Waals surface area contributed by atoms with Gasteiger partial charge in [0.25, 0.3) is 0 Å². The fourth-order valence-electron chi connectivity index (χ4n) is 2.06. The molecule has 0 unspecified atom stereocenters. The zero-order valence-electron chi connectivity index (χ0n) is 13.4. The molecule has 1 aromatic rings. The van der Waals surface area contributed by atoms with Crippen LogP contribution in [-0.4, -0.2) is 35.6 Å². The summed E-state index contributed by atoms with van der Waals surface area (Å²) in [6.45, 7) is 8.45. The van der Waals surface area contributed by atoms with Crippen molar-refractivity contribution in [3.8, 4) is 0 Å². The van der Waals surface area contributed by atoms with E-state index < -0.39 is 5.97 Å². The summed E-state index contributed by atoms with van der Waals surface area (Å²) in [5, 5.41) is 12.0. The summed E-state index contributed by atoms with van der Waals surface area (Å²) < 4.78 is 0. The minimum Gasteiger partial charge on any atom is -0.478 e. The van der Waals surface area contributed by atoms with Crippen LogP contribution in [0.15, 0.2) is 12.1 Å². The van der Waals surface area contributed by atoms with Gasteiger partial charge in [0.15, 0.2) is 0 Å². The molecule has 0 aliphatic carbocycles. The van der Waals surface area contributed by atoms with E-state index in [0.717, 1.165) is 17.5 Å². The van der Waals surface area contributed by atoms with Gasteiger partial charge in [0, 0.05) is 13.6 Å². The minimum absolute atomic E-state index is 0.123. The van der Waals surface area contributed by atoms with Gasteiger partial charge in [-0.25, -0.2) is 9.59 Å². The highest BCUT2D eigenvalue weighted by Crippen LogP contribution is 2.23. The Morgan fingerprint density at radius 1 is 1.29 bits per heavy atom. The van der Waals surface area contributed by atoms with Gasteiger partial charge in [-0.3, -0.25) is 0 Å². The number of carbonyl (C=O) groups excluding carboxylic acids is 1. The van der Waals surface area contributed by atoms with Crippen LogP contribution in [0.1, 0.15) is 41.8 Å². The van der Waals surface area contributed by atoms with Crippen LogP contribution in [0, 0.1) is 19.8 Å². The number of carbonyl (C=O) groups is 2. The fourth-order valence-corrected chi connectivity index (χ4v) is 2.06. The summed E-state index contributed by atoms with van der Waals surface area (Å²) in [5.74, 6) is -0.530. The van der Waals surface area contributed by atoms with Crippen molar-refractivity contribution < 1.29 is 14.7 Å². The molecule has 2 amide bonds. The van der Waals surface area contributed by atoms with Gasteiger partial charge < -0.3 is 15.3 Å². The Labute approximate surface area is 126 Å². The van der Waals surface area contributed by atoms with Crippen molar-refractivity contribution >= 4 is 17.7 Å². The number of hydrogen-bond donors (Lipinski definition) is 2. The second kappa shape index (κ2) is 7.11. The van der Waals surface area contributed by atoms with Gasteiger partial charge in [0.05, 0.1) is 11.3 Å². The monoisotopic (exact) mass is 292 g/mol. The molecule has 0 heterocycles. The number of rotatable bonds is 5. The maximum absolute atomic E-state index is 12.2. The van der Waals surface area contributed by atoms with Crippen LogP contribution >= 0.6 is 0 Å². The van der Waals surface area contributed by atoms with Gasteiger partial charge in [0.2, 0.25) is 0 Å². The first kappa shape index (κ1) is 17.0. The summed E-state index contributed by atoms with van der Waals surface area (Å²) in [4.78, 5) is 25.1. The van der Waals surface area contributed by atoms with E-state index in [1.54, 1.807) is 24.9 Å². The molecule has 0 fully saturated rings. The van der Waals surface area contributed by atoms with E-state index in [1.165, 1.54) is 0 Å². The Balaban J connectivity index is 2.92. The van der Waals surface area contributed by atoms with Gasteiger partial charge >= 0.3 is 12.0 Å². The van der Waals surface area contributed by atoms with Crippen LogP contribution in [-0.2, 0) is 0 Å². The Hall–Kier alpha value is -2.04. The average molecular weight is 292 g/mol. The van der Waals surface area contributed by atoms with Crippen LogP contribution < -0.4 is 5.32 Å². The molecule has 1 rings (SSSR count). The Kier molecular flexibility index (Phi) is 5.76. The van der Waals surface area contributed by atoms with Gasteiger partial charge in [-0.2, -0.15) is 0 Å². The fraction of sp³-hybridized carbons (Fsp3) is 0.500. The predicted molar refractivity (Wildman–Crippen MR) is 84.0 cm³/mol. The predicted octanol–water partition coefficient (Wildman–Crippen LogP) is 3.51. The zero-order valence-corrected chi connectivity index (χ0v) is 13.4. The summed E-state index contributed by atoms with van der Waals surface area (Å²) in [6, 6.07) is 3.14. The Morgan fingerprint density at radius 3 is 2.43 bits per heavy atom. The largest absolute Gasteiger partial charge is 0.478 e. The van der Waals surface area contributed by atoms with E-state index in [4.69, 9.17) is 0 Å². The molecule has 0 aliphatic rings. The molecule has 0 radical (unpaired) electrons. The highest BCUT2D eigenvalue weighted by molar-refractivity contribution is 6.01. The van der Waals surface area contributed by atoms with E-state index in [0.29, 0.717) is 18.2 Å². The SMILES string of the molecule is Cc1cc(C)c(NC(=O)N(C)CCC(C)C)c(C(=O)O)c1. The number of nitrogens with zero attached hydrogens (tertiary/aromatic N) is 1. The van der Waals surface area contributed by atoms with Crippen LogP contribution in [0.4, 0.5) is 10.5 Å². The van der Waals surface area contributed by atoms with Crippen molar-refractivity contribution in [2.45, 2.75) is 34.1 Å². The van der Waals surface area contributed by atoms with Crippen molar-refractivity contribution in [2.75, 3.05) is 18.9 Å². The third-order valence-corrected chi connectivity index (χ3v) is 3.33. The summed E-state index contributed by atoms with van der Waals surface area (Å²) in [6.07, 6.45) is 0.905. The molecule has 0 bridgehead atoms. The van der Waals surface area contributed by atoms with Gasteiger partial charge in [-0.05, 0) is 43.4 Å². The van der Waals surface area contributed by atoms with Crippen molar-refractivity contribution in [1.82, 2.24) is 4.90 Å². The third-order valence-electron chi connectivity index (χ3n) is 3.33. The smallest absolute Gasteiger partial charge is 0.337 e. The first-order valence-electron chi connectivity index (χ1n) is 7.09. The maximum Gasteiger partial charge on any atom is 0.337 e. The van der Waals surface area contributed by atoms with Crippen LogP contribution in [0.25, 0.3) is 0 Å². The van der Waals surface area contributed by atoms with Crippen LogP contribution in [0.2, 0.25) is 0 Å². The summed E-state index contributed by atoms with van der Waals surface area (Å²) in [7, 11) is 1.71. The van der Waals surface area contributed by atoms with Crippen LogP contribution in [0.5, 0.6) is 0 Å². The maximum atomic E-state index is 12.2. The quantitative estimate of drug-likeness (QED) is 0.872. The number of amides is 2. The average Bonchev–Trinajstić information content (AvgIpc) is 2.38. The highest BCUT2D eigenvalue weighted by atomic mass is 16.4. The molecule has 5 heteroatoms. The number of benzene rings is 1. The first-order chi connectivity index (χ1) is 9.72. The number of hydrogen-bond acceptors (Lipinski definition) is 2. The standard InChI is InChI=1S/C16H24N2O3/c1-10(2)6-7-18(5)16(21)17-14-12(4)8-11(3)9-13(14)15(19)20/h8-10H,6-7H2,1-5H3,(H,17,21)(H,19,20). The number of aromatic carboxylic acids is 1. The molecule has 21 heavy (non-hydrogen) atoms. The summed E-state index contributed by atoms with van der Waals surface area (Å²) >= 11 is 0. The Bertz CT molecular complexity index is 539.